The van der Waals surface area contributed by atoms with Crippen LogP contribution >= 0.6 is 0 Å². The molecule has 0 aromatic heterocycles. The van der Waals surface area contributed by atoms with Gasteiger partial charge in [-0.05, 0) is 44.0 Å². The number of nitrogens with one attached hydrogen (secondary N) is 1. The number of ether oxygens (including phenoxy) is 2. The third kappa shape index (κ3) is 7.32. The second kappa shape index (κ2) is 10.2. The number of esters is 1. The number of amides is 1. The van der Waals surface area contributed by atoms with Crippen molar-refractivity contribution < 1.29 is 19.1 Å². The highest BCUT2D eigenvalue weighted by Crippen LogP contribution is 2.13. The third-order valence-corrected chi connectivity index (χ3v) is 3.25. The first-order chi connectivity index (χ1) is 11.1. The van der Waals surface area contributed by atoms with E-state index in [-0.39, 0.29) is 11.9 Å². The van der Waals surface area contributed by atoms with E-state index in [0.29, 0.717) is 24.3 Å². The van der Waals surface area contributed by atoms with E-state index in [0.717, 1.165) is 19.3 Å². The van der Waals surface area contributed by atoms with Crippen LogP contribution in [0, 0.1) is 11.3 Å². The lowest BCUT2D eigenvalue weighted by Crippen LogP contribution is -2.36. The molecule has 1 atom stereocenters. The monoisotopic (exact) mass is 318 g/mol. The molecule has 1 aromatic carbocycles. The van der Waals surface area contributed by atoms with Gasteiger partial charge >= 0.3 is 5.97 Å². The Balaban J connectivity index is 2.21. The van der Waals surface area contributed by atoms with Gasteiger partial charge < -0.3 is 14.8 Å². The largest absolute Gasteiger partial charge is 0.481 e. The number of nitriles is 1. The first-order valence-corrected chi connectivity index (χ1v) is 7.58. The number of benzene rings is 1. The Kier molecular flexibility index (Phi) is 8.22. The zero-order valence-electron chi connectivity index (χ0n) is 13.5. The van der Waals surface area contributed by atoms with Crippen molar-refractivity contribution in [3.8, 4) is 11.8 Å². The molecule has 1 aromatic rings. The summed E-state index contributed by atoms with van der Waals surface area (Å²) in [6.07, 6.45) is 2.19. The minimum Gasteiger partial charge on any atom is -0.481 e. The fraction of sp³-hybridized carbons (Fsp3) is 0.471. The van der Waals surface area contributed by atoms with Gasteiger partial charge in [0.25, 0.3) is 5.91 Å². The van der Waals surface area contributed by atoms with Crippen LogP contribution in [0.15, 0.2) is 24.3 Å². The molecule has 23 heavy (non-hydrogen) atoms. The van der Waals surface area contributed by atoms with Crippen molar-refractivity contribution in [2.24, 2.45) is 0 Å². The molecule has 0 saturated heterocycles. The lowest BCUT2D eigenvalue weighted by Gasteiger charge is -2.14. The second-order valence-electron chi connectivity index (χ2n) is 5.07. The summed E-state index contributed by atoms with van der Waals surface area (Å²) < 4.78 is 10.1. The normalized spacial score (nSPS) is 11.2. The van der Waals surface area contributed by atoms with Crippen molar-refractivity contribution in [1.29, 1.82) is 5.26 Å². The zero-order valence-corrected chi connectivity index (χ0v) is 13.5. The molecule has 0 fully saturated rings. The molecular weight excluding hydrogens is 296 g/mol. The molecule has 0 saturated carbocycles. The van der Waals surface area contributed by atoms with Crippen LogP contribution in [-0.4, -0.2) is 31.6 Å². The Labute approximate surface area is 136 Å². The molecule has 124 valence electrons. The molecule has 6 heteroatoms. The number of carbonyl (C=O) groups is 2. The predicted octanol–water partition coefficient (Wildman–Crippen LogP) is 2.18. The van der Waals surface area contributed by atoms with Crippen molar-refractivity contribution in [3.63, 3.8) is 0 Å². The standard InChI is InChI=1S/C17H22N2O4/c1-13(23-15-9-7-14(12-18)8-10-15)17(21)19-11-5-3-4-6-16(20)22-2/h7-10,13H,3-6,11H2,1-2H3,(H,19,21). The van der Waals surface area contributed by atoms with Gasteiger partial charge in [0.2, 0.25) is 0 Å². The van der Waals surface area contributed by atoms with Gasteiger partial charge in [0.05, 0.1) is 18.7 Å². The van der Waals surface area contributed by atoms with Crippen LogP contribution in [-0.2, 0) is 14.3 Å². The molecule has 1 rings (SSSR count). The molecule has 0 spiro atoms. The van der Waals surface area contributed by atoms with Crippen LogP contribution in [0.2, 0.25) is 0 Å². The minimum atomic E-state index is -0.613. The van der Waals surface area contributed by atoms with Gasteiger partial charge in [0.1, 0.15) is 5.75 Å². The number of nitrogens with zero attached hydrogens (tertiary/aromatic N) is 1. The third-order valence-electron chi connectivity index (χ3n) is 3.25. The summed E-state index contributed by atoms with van der Waals surface area (Å²) in [5.41, 5.74) is 0.543. The number of hydrogen-bond acceptors (Lipinski definition) is 5. The SMILES string of the molecule is COC(=O)CCCCCNC(=O)C(C)Oc1ccc(C#N)cc1. The maximum Gasteiger partial charge on any atom is 0.305 e. The first-order valence-electron chi connectivity index (χ1n) is 7.58. The van der Waals surface area contributed by atoms with E-state index in [1.807, 2.05) is 6.07 Å². The van der Waals surface area contributed by atoms with Crippen LogP contribution in [0.5, 0.6) is 5.75 Å². The summed E-state index contributed by atoms with van der Waals surface area (Å²) in [4.78, 5) is 22.8. The van der Waals surface area contributed by atoms with E-state index >= 15 is 0 Å². The molecule has 0 radical (unpaired) electrons. The van der Waals surface area contributed by atoms with Gasteiger partial charge in [-0.25, -0.2) is 0 Å². The minimum absolute atomic E-state index is 0.192. The van der Waals surface area contributed by atoms with Gasteiger partial charge in [-0.15, -0.1) is 0 Å². The zero-order chi connectivity index (χ0) is 17.1. The van der Waals surface area contributed by atoms with Crippen molar-refractivity contribution in [1.82, 2.24) is 5.32 Å². The van der Waals surface area contributed by atoms with Crippen LogP contribution in [0.4, 0.5) is 0 Å². The Morgan fingerprint density at radius 2 is 1.91 bits per heavy atom. The Bertz CT molecular complexity index is 549. The van der Waals surface area contributed by atoms with Crippen LogP contribution in [0.25, 0.3) is 0 Å². The van der Waals surface area contributed by atoms with Crippen molar-refractivity contribution in [2.75, 3.05) is 13.7 Å². The number of rotatable bonds is 9. The summed E-state index contributed by atoms with van der Waals surface area (Å²) in [6.45, 7) is 2.21. The van der Waals surface area contributed by atoms with E-state index in [9.17, 15) is 9.59 Å². The van der Waals surface area contributed by atoms with Gasteiger partial charge in [-0.2, -0.15) is 5.26 Å². The van der Waals surface area contributed by atoms with E-state index in [4.69, 9.17) is 10.00 Å². The average Bonchev–Trinajstić information content (AvgIpc) is 2.57. The summed E-state index contributed by atoms with van der Waals surface area (Å²) in [7, 11) is 1.37. The molecule has 6 nitrogen and oxygen atoms in total. The predicted molar refractivity (Wildman–Crippen MR) is 84.7 cm³/mol. The van der Waals surface area contributed by atoms with Crippen molar-refractivity contribution >= 4 is 11.9 Å². The van der Waals surface area contributed by atoms with Crippen LogP contribution < -0.4 is 10.1 Å². The topological polar surface area (TPSA) is 88.4 Å². The molecular formula is C17H22N2O4. The van der Waals surface area contributed by atoms with Crippen molar-refractivity contribution in [2.45, 2.75) is 38.7 Å². The van der Waals surface area contributed by atoms with Gasteiger partial charge in [0.15, 0.2) is 6.10 Å². The number of unbranched alkanes of at least 4 members (excludes halogenated alkanes) is 2. The molecule has 1 unspecified atom stereocenters. The number of carbonyl (C=O) groups excluding carboxylic acids is 2. The molecule has 0 aliphatic carbocycles. The van der Waals surface area contributed by atoms with Gasteiger partial charge in [-0.3, -0.25) is 9.59 Å². The van der Waals surface area contributed by atoms with Gasteiger partial charge in [-0.1, -0.05) is 6.42 Å². The molecule has 0 heterocycles. The smallest absolute Gasteiger partial charge is 0.305 e. The molecule has 0 aliphatic heterocycles. The fourth-order valence-corrected chi connectivity index (χ4v) is 1.89. The van der Waals surface area contributed by atoms with E-state index in [1.54, 1.807) is 31.2 Å². The molecule has 1 amide bonds. The van der Waals surface area contributed by atoms with E-state index < -0.39 is 6.10 Å². The maximum atomic E-state index is 11.9. The highest BCUT2D eigenvalue weighted by molar-refractivity contribution is 5.80. The summed E-state index contributed by atoms with van der Waals surface area (Å²) in [5, 5.41) is 11.5. The molecule has 0 aliphatic rings. The highest BCUT2D eigenvalue weighted by atomic mass is 16.5. The van der Waals surface area contributed by atoms with E-state index in [2.05, 4.69) is 10.1 Å². The summed E-state index contributed by atoms with van der Waals surface area (Å²) in [5.74, 6) is 0.144. The maximum absolute atomic E-state index is 11.9. The first kappa shape index (κ1) is 18.5. The van der Waals surface area contributed by atoms with Crippen LogP contribution in [0.3, 0.4) is 0 Å². The highest BCUT2D eigenvalue weighted by Gasteiger charge is 2.13. The molecule has 0 bridgehead atoms. The lowest BCUT2D eigenvalue weighted by molar-refractivity contribution is -0.140. The number of methoxy groups -OCH3 is 1. The van der Waals surface area contributed by atoms with E-state index in [1.165, 1.54) is 7.11 Å². The Hall–Kier alpha value is -2.55. The second-order valence-corrected chi connectivity index (χ2v) is 5.07. The average molecular weight is 318 g/mol. The van der Waals surface area contributed by atoms with Gasteiger partial charge in [0, 0.05) is 13.0 Å². The summed E-state index contributed by atoms with van der Waals surface area (Å²) >= 11 is 0. The Morgan fingerprint density at radius 3 is 2.52 bits per heavy atom. The van der Waals surface area contributed by atoms with Crippen LogP contribution in [0.1, 0.15) is 38.2 Å². The fourth-order valence-electron chi connectivity index (χ4n) is 1.89. The molecule has 1 N–H and O–H groups in total. The summed E-state index contributed by atoms with van der Waals surface area (Å²) in [6, 6.07) is 8.63. The Morgan fingerprint density at radius 1 is 1.22 bits per heavy atom. The van der Waals surface area contributed by atoms with Crippen molar-refractivity contribution in [3.05, 3.63) is 29.8 Å². The number of hydrogen-bond donors (Lipinski definition) is 1. The lowest BCUT2D eigenvalue weighted by atomic mass is 10.2. The quantitative estimate of drug-likeness (QED) is 0.557.